The van der Waals surface area contributed by atoms with Crippen molar-refractivity contribution in [1.29, 1.82) is 0 Å². The lowest BCUT2D eigenvalue weighted by Gasteiger charge is -2.24. The summed E-state index contributed by atoms with van der Waals surface area (Å²) in [6.45, 7) is 1.58. The molecular formula is C15H24Cl2N4O3S. The summed E-state index contributed by atoms with van der Waals surface area (Å²) >= 11 is 0. The lowest BCUT2D eigenvalue weighted by molar-refractivity contribution is -0.131. The summed E-state index contributed by atoms with van der Waals surface area (Å²) < 4.78 is 26.6. The number of nitrogens with one attached hydrogen (secondary N) is 2. The monoisotopic (exact) mass is 410 g/mol. The van der Waals surface area contributed by atoms with Gasteiger partial charge in [0.25, 0.3) is 0 Å². The first-order valence-electron chi connectivity index (χ1n) is 7.98. The Balaban J connectivity index is 0.00000156. The Labute approximate surface area is 160 Å². The van der Waals surface area contributed by atoms with Gasteiger partial charge < -0.3 is 10.2 Å². The summed E-state index contributed by atoms with van der Waals surface area (Å²) in [5.74, 6) is 0.00763. The molecule has 2 aliphatic heterocycles. The van der Waals surface area contributed by atoms with Crippen LogP contribution in [0.1, 0.15) is 25.7 Å². The van der Waals surface area contributed by atoms with Crippen molar-refractivity contribution >= 4 is 40.7 Å². The van der Waals surface area contributed by atoms with E-state index in [1.807, 2.05) is 4.90 Å². The quantitative estimate of drug-likeness (QED) is 0.753. The van der Waals surface area contributed by atoms with Crippen molar-refractivity contribution in [3.8, 4) is 0 Å². The Morgan fingerprint density at radius 2 is 2.04 bits per heavy atom. The smallest absolute Gasteiger partial charge is 0.242 e. The molecule has 3 rings (SSSR count). The van der Waals surface area contributed by atoms with Crippen LogP contribution < -0.4 is 10.0 Å². The van der Waals surface area contributed by atoms with Gasteiger partial charge in [0.05, 0.1) is 0 Å². The molecule has 142 valence electrons. The van der Waals surface area contributed by atoms with Crippen molar-refractivity contribution in [3.05, 3.63) is 24.5 Å². The molecule has 2 unspecified atom stereocenters. The Kier molecular flexibility index (Phi) is 8.56. The minimum absolute atomic E-state index is 0. The van der Waals surface area contributed by atoms with Crippen LogP contribution in [0.15, 0.2) is 29.4 Å². The molecule has 1 aromatic heterocycles. The van der Waals surface area contributed by atoms with E-state index >= 15 is 0 Å². The summed E-state index contributed by atoms with van der Waals surface area (Å²) in [5.41, 5.74) is 0. The highest BCUT2D eigenvalue weighted by Gasteiger charge is 2.30. The first-order valence-corrected chi connectivity index (χ1v) is 9.46. The van der Waals surface area contributed by atoms with Crippen LogP contribution in [0.3, 0.4) is 0 Å². The predicted molar refractivity (Wildman–Crippen MR) is 99.7 cm³/mol. The molecule has 1 aromatic rings. The fourth-order valence-electron chi connectivity index (χ4n) is 3.21. The number of pyridine rings is 1. The largest absolute Gasteiger partial charge is 0.341 e. The molecule has 0 saturated carbocycles. The standard InChI is InChI=1S/C15H22N4O3S.2ClH/c20-15(19-9-6-12-3-4-13(11-19)18-12)5-8-17-23(21,22)14-2-1-7-16-10-14;;/h1-2,7,10,12-13,17-18H,3-6,8-9,11H2;2*1H. The summed E-state index contributed by atoms with van der Waals surface area (Å²) in [6, 6.07) is 3.97. The average molecular weight is 411 g/mol. The van der Waals surface area contributed by atoms with Crippen LogP contribution in [-0.2, 0) is 14.8 Å². The molecule has 0 radical (unpaired) electrons. The fraction of sp³-hybridized carbons (Fsp3) is 0.600. The van der Waals surface area contributed by atoms with Gasteiger partial charge in [0.1, 0.15) is 4.90 Å². The maximum Gasteiger partial charge on any atom is 0.242 e. The van der Waals surface area contributed by atoms with Crippen LogP contribution in [0.4, 0.5) is 0 Å². The van der Waals surface area contributed by atoms with Crippen LogP contribution in [0.25, 0.3) is 0 Å². The number of aromatic nitrogens is 1. The first-order chi connectivity index (χ1) is 11.0. The zero-order chi connectivity index (χ0) is 16.3. The average Bonchev–Trinajstić information content (AvgIpc) is 2.87. The van der Waals surface area contributed by atoms with Gasteiger partial charge in [0.2, 0.25) is 15.9 Å². The van der Waals surface area contributed by atoms with E-state index in [4.69, 9.17) is 0 Å². The third kappa shape index (κ3) is 5.79. The SMILES string of the molecule is Cl.Cl.O=C(CCNS(=O)(=O)c1cccnc1)N1CCC2CCC(C1)N2. The third-order valence-electron chi connectivity index (χ3n) is 4.45. The highest BCUT2D eigenvalue weighted by molar-refractivity contribution is 7.89. The second-order valence-electron chi connectivity index (χ2n) is 6.10. The summed E-state index contributed by atoms with van der Waals surface area (Å²) in [7, 11) is -3.60. The number of halogens is 2. The van der Waals surface area contributed by atoms with E-state index in [0.29, 0.717) is 12.1 Å². The number of hydrogen-bond donors (Lipinski definition) is 2. The number of likely N-dealkylation sites (tertiary alicyclic amines) is 1. The Morgan fingerprint density at radius 3 is 2.76 bits per heavy atom. The molecule has 25 heavy (non-hydrogen) atoms. The van der Waals surface area contributed by atoms with Gasteiger partial charge in [-0.05, 0) is 31.4 Å². The maximum atomic E-state index is 12.3. The van der Waals surface area contributed by atoms with Crippen LogP contribution in [-0.4, -0.2) is 55.9 Å². The lowest BCUT2D eigenvalue weighted by Crippen LogP contribution is -2.40. The van der Waals surface area contributed by atoms with Crippen molar-refractivity contribution in [1.82, 2.24) is 19.9 Å². The summed E-state index contributed by atoms with van der Waals surface area (Å²) in [6.07, 6.45) is 6.27. The molecule has 0 aromatic carbocycles. The molecule has 3 heterocycles. The number of fused-ring (bicyclic) bond motifs is 2. The van der Waals surface area contributed by atoms with E-state index < -0.39 is 10.0 Å². The fourth-order valence-corrected chi connectivity index (χ4v) is 4.20. The van der Waals surface area contributed by atoms with Crippen molar-refractivity contribution in [2.45, 2.75) is 42.7 Å². The molecular weight excluding hydrogens is 387 g/mol. The number of nitrogens with zero attached hydrogens (tertiary/aromatic N) is 2. The van der Waals surface area contributed by atoms with Gasteiger partial charge in [-0.15, -0.1) is 24.8 Å². The third-order valence-corrected chi connectivity index (χ3v) is 5.90. The number of carbonyl (C=O) groups excluding carboxylic acids is 1. The number of rotatable bonds is 5. The lowest BCUT2D eigenvalue weighted by atomic mass is 10.1. The second kappa shape index (κ2) is 9.68. The first kappa shape index (κ1) is 22.1. The zero-order valence-electron chi connectivity index (χ0n) is 13.8. The second-order valence-corrected chi connectivity index (χ2v) is 7.87. The summed E-state index contributed by atoms with van der Waals surface area (Å²) in [4.78, 5) is 18.1. The Morgan fingerprint density at radius 1 is 1.28 bits per heavy atom. The van der Waals surface area contributed by atoms with E-state index in [1.165, 1.54) is 24.9 Å². The molecule has 0 spiro atoms. The van der Waals surface area contributed by atoms with E-state index in [2.05, 4.69) is 15.0 Å². The number of amides is 1. The van der Waals surface area contributed by atoms with E-state index in [0.717, 1.165) is 25.9 Å². The van der Waals surface area contributed by atoms with Gasteiger partial charge in [-0.2, -0.15) is 0 Å². The molecule has 2 aliphatic rings. The molecule has 2 atom stereocenters. The molecule has 0 aliphatic carbocycles. The Hall–Kier alpha value is -0.930. The van der Waals surface area contributed by atoms with Crippen molar-refractivity contribution in [2.24, 2.45) is 0 Å². The minimum Gasteiger partial charge on any atom is -0.341 e. The molecule has 1 amide bonds. The van der Waals surface area contributed by atoms with Gasteiger partial charge in [-0.1, -0.05) is 0 Å². The van der Waals surface area contributed by atoms with Crippen molar-refractivity contribution in [2.75, 3.05) is 19.6 Å². The highest BCUT2D eigenvalue weighted by Crippen LogP contribution is 2.20. The molecule has 2 bridgehead atoms. The number of hydrogen-bond acceptors (Lipinski definition) is 5. The molecule has 2 fully saturated rings. The van der Waals surface area contributed by atoms with Gasteiger partial charge >= 0.3 is 0 Å². The molecule has 7 nitrogen and oxygen atoms in total. The van der Waals surface area contributed by atoms with Crippen LogP contribution in [0.2, 0.25) is 0 Å². The van der Waals surface area contributed by atoms with E-state index in [-0.39, 0.29) is 48.6 Å². The molecule has 10 heteroatoms. The number of carbonyl (C=O) groups is 1. The minimum atomic E-state index is -3.60. The van der Waals surface area contributed by atoms with Gasteiger partial charge in [0, 0.05) is 50.5 Å². The van der Waals surface area contributed by atoms with E-state index in [1.54, 1.807) is 6.07 Å². The van der Waals surface area contributed by atoms with Gasteiger partial charge in [0.15, 0.2) is 0 Å². The van der Waals surface area contributed by atoms with Crippen molar-refractivity contribution < 1.29 is 13.2 Å². The molecule has 2 saturated heterocycles. The molecule has 2 N–H and O–H groups in total. The normalized spacial score (nSPS) is 22.5. The number of sulfonamides is 1. The Bertz CT molecular complexity index is 660. The maximum absolute atomic E-state index is 12.3. The van der Waals surface area contributed by atoms with E-state index in [9.17, 15) is 13.2 Å². The highest BCUT2D eigenvalue weighted by atomic mass is 35.5. The van der Waals surface area contributed by atoms with Crippen LogP contribution in [0, 0.1) is 0 Å². The van der Waals surface area contributed by atoms with Gasteiger partial charge in [-0.25, -0.2) is 13.1 Å². The topological polar surface area (TPSA) is 91.4 Å². The van der Waals surface area contributed by atoms with Gasteiger partial charge in [-0.3, -0.25) is 9.78 Å². The zero-order valence-corrected chi connectivity index (χ0v) is 16.2. The van der Waals surface area contributed by atoms with Crippen LogP contribution >= 0.6 is 24.8 Å². The predicted octanol–water partition coefficient (Wildman–Crippen LogP) is 0.946. The van der Waals surface area contributed by atoms with Crippen molar-refractivity contribution in [3.63, 3.8) is 0 Å². The summed E-state index contributed by atoms with van der Waals surface area (Å²) in [5, 5.41) is 3.53. The van der Waals surface area contributed by atoms with Crippen LogP contribution in [0.5, 0.6) is 0 Å².